The summed E-state index contributed by atoms with van der Waals surface area (Å²) in [6.45, 7) is 8.01. The third kappa shape index (κ3) is 4.91. The first-order chi connectivity index (χ1) is 10.3. The molecule has 0 radical (unpaired) electrons. The molecule has 114 valence electrons. The summed E-state index contributed by atoms with van der Waals surface area (Å²) in [6, 6.07) is 3.56. The van der Waals surface area contributed by atoms with Gasteiger partial charge < -0.3 is 18.9 Å². The molecule has 1 aromatic rings. The zero-order chi connectivity index (χ0) is 15.5. The summed E-state index contributed by atoms with van der Waals surface area (Å²) in [7, 11) is 0. The molecule has 4 heteroatoms. The summed E-state index contributed by atoms with van der Waals surface area (Å²) >= 11 is 0. The fraction of sp³-hybridized carbons (Fsp3) is 0.294. The van der Waals surface area contributed by atoms with Crippen LogP contribution < -0.4 is 18.9 Å². The lowest BCUT2D eigenvalue weighted by Gasteiger charge is -2.16. The summed E-state index contributed by atoms with van der Waals surface area (Å²) in [6.07, 6.45) is 10.1. The van der Waals surface area contributed by atoms with Gasteiger partial charge in [-0.1, -0.05) is 18.2 Å². The monoisotopic (exact) mass is 290 g/mol. The molecular weight excluding hydrogens is 268 g/mol. The molecular formula is C17H22O4. The second-order valence-corrected chi connectivity index (χ2v) is 3.91. The average molecular weight is 290 g/mol. The molecule has 21 heavy (non-hydrogen) atoms. The van der Waals surface area contributed by atoms with Crippen molar-refractivity contribution < 1.29 is 18.9 Å². The quantitative estimate of drug-likeness (QED) is 0.643. The van der Waals surface area contributed by atoms with E-state index in [-0.39, 0.29) is 0 Å². The van der Waals surface area contributed by atoms with Crippen LogP contribution in [0.25, 0.3) is 0 Å². The van der Waals surface area contributed by atoms with Crippen LogP contribution in [0.5, 0.6) is 23.0 Å². The molecule has 1 rings (SSSR count). The van der Waals surface area contributed by atoms with Crippen LogP contribution in [0.2, 0.25) is 0 Å². The first-order valence-electron chi connectivity index (χ1n) is 6.91. The highest BCUT2D eigenvalue weighted by atomic mass is 16.6. The van der Waals surface area contributed by atoms with E-state index in [1.54, 1.807) is 49.1 Å². The van der Waals surface area contributed by atoms with Crippen molar-refractivity contribution in [2.75, 3.05) is 6.61 Å². The highest BCUT2D eigenvalue weighted by Crippen LogP contribution is 2.45. The number of rotatable bonds is 8. The Morgan fingerprint density at radius 3 is 1.71 bits per heavy atom. The molecule has 0 aliphatic rings. The Labute approximate surface area is 126 Å². The van der Waals surface area contributed by atoms with Crippen LogP contribution >= 0.6 is 0 Å². The van der Waals surface area contributed by atoms with Crippen LogP contribution in [-0.2, 0) is 0 Å². The molecule has 4 nitrogen and oxygen atoms in total. The molecule has 0 aromatic heterocycles. The fourth-order valence-electron chi connectivity index (χ4n) is 1.52. The zero-order valence-electron chi connectivity index (χ0n) is 13.0. The Hall–Kier alpha value is -2.36. The maximum atomic E-state index is 5.66. The largest absolute Gasteiger partial charge is 0.487 e. The van der Waals surface area contributed by atoms with Gasteiger partial charge in [0.05, 0.1) is 25.4 Å². The number of ether oxygens (including phenoxy) is 4. The van der Waals surface area contributed by atoms with Crippen molar-refractivity contribution in [1.29, 1.82) is 0 Å². The fourth-order valence-corrected chi connectivity index (χ4v) is 1.52. The molecule has 0 saturated carbocycles. The number of benzene rings is 1. The molecule has 0 spiro atoms. The van der Waals surface area contributed by atoms with Crippen molar-refractivity contribution in [3.05, 3.63) is 49.1 Å². The number of allylic oxidation sites excluding steroid dienone is 3. The maximum Gasteiger partial charge on any atom is 0.214 e. The molecule has 0 bridgehead atoms. The molecule has 0 atom stereocenters. The predicted molar refractivity (Wildman–Crippen MR) is 83.9 cm³/mol. The molecule has 0 amide bonds. The summed E-state index contributed by atoms with van der Waals surface area (Å²) < 4.78 is 22.4. The summed E-state index contributed by atoms with van der Waals surface area (Å²) in [5, 5.41) is 0. The summed E-state index contributed by atoms with van der Waals surface area (Å²) in [5.74, 6) is 2.12. The topological polar surface area (TPSA) is 36.9 Å². The van der Waals surface area contributed by atoms with Gasteiger partial charge >= 0.3 is 0 Å². The lowest BCUT2D eigenvalue weighted by Crippen LogP contribution is -1.99. The van der Waals surface area contributed by atoms with Crippen molar-refractivity contribution in [3.63, 3.8) is 0 Å². The van der Waals surface area contributed by atoms with Gasteiger partial charge in [0.1, 0.15) is 0 Å². The number of hydrogen-bond acceptors (Lipinski definition) is 4. The maximum absolute atomic E-state index is 5.66. The van der Waals surface area contributed by atoms with Crippen molar-refractivity contribution in [3.8, 4) is 23.0 Å². The van der Waals surface area contributed by atoms with Crippen LogP contribution in [0.4, 0.5) is 0 Å². The van der Waals surface area contributed by atoms with Crippen LogP contribution in [0.1, 0.15) is 27.7 Å². The lowest BCUT2D eigenvalue weighted by atomic mass is 10.2. The van der Waals surface area contributed by atoms with Crippen LogP contribution in [0, 0.1) is 0 Å². The van der Waals surface area contributed by atoms with Gasteiger partial charge in [0, 0.05) is 0 Å². The molecule has 0 heterocycles. The number of hydrogen-bond donors (Lipinski definition) is 0. The molecule has 1 aromatic carbocycles. The van der Waals surface area contributed by atoms with Gasteiger partial charge in [-0.25, -0.2) is 0 Å². The van der Waals surface area contributed by atoms with Gasteiger partial charge in [0.2, 0.25) is 11.5 Å². The van der Waals surface area contributed by atoms with E-state index < -0.39 is 0 Å². The average Bonchev–Trinajstić information content (AvgIpc) is 2.51. The van der Waals surface area contributed by atoms with Crippen molar-refractivity contribution in [2.24, 2.45) is 0 Å². The molecule has 0 fully saturated rings. The molecule has 0 saturated heterocycles. The smallest absolute Gasteiger partial charge is 0.214 e. The highest BCUT2D eigenvalue weighted by Gasteiger charge is 2.18. The van der Waals surface area contributed by atoms with Gasteiger partial charge in [-0.3, -0.25) is 0 Å². The standard InChI is InChI=1S/C17H22O4/c1-5-11-19-14-9-10-15(20-12-6-2)17(21-13-7-3)16(14)18-8-4/h5-7,9-13H,8H2,1-4H3. The Morgan fingerprint density at radius 1 is 0.762 bits per heavy atom. The van der Waals surface area contributed by atoms with Gasteiger partial charge in [0.25, 0.3) is 0 Å². The van der Waals surface area contributed by atoms with Gasteiger partial charge in [0.15, 0.2) is 11.5 Å². The van der Waals surface area contributed by atoms with E-state index >= 15 is 0 Å². The predicted octanol–water partition coefficient (Wildman–Crippen LogP) is 4.82. The minimum absolute atomic E-state index is 0.482. The second kappa shape index (κ2) is 9.53. The Morgan fingerprint density at radius 2 is 1.24 bits per heavy atom. The van der Waals surface area contributed by atoms with Crippen molar-refractivity contribution >= 4 is 0 Å². The molecule has 0 aliphatic heterocycles. The molecule has 0 N–H and O–H groups in total. The third-order valence-corrected chi connectivity index (χ3v) is 2.31. The Balaban J connectivity index is 3.29. The Kier molecular flexibility index (Phi) is 7.58. The second-order valence-electron chi connectivity index (χ2n) is 3.91. The van der Waals surface area contributed by atoms with E-state index in [1.807, 2.05) is 27.7 Å². The van der Waals surface area contributed by atoms with Gasteiger partial charge in [-0.05, 0) is 39.8 Å². The van der Waals surface area contributed by atoms with Crippen LogP contribution in [0.15, 0.2) is 49.1 Å². The van der Waals surface area contributed by atoms with E-state index in [4.69, 9.17) is 18.9 Å². The van der Waals surface area contributed by atoms with Crippen molar-refractivity contribution in [1.82, 2.24) is 0 Å². The van der Waals surface area contributed by atoms with Gasteiger partial charge in [-0.15, -0.1) is 0 Å². The van der Waals surface area contributed by atoms with E-state index in [9.17, 15) is 0 Å². The first kappa shape index (κ1) is 16.7. The van der Waals surface area contributed by atoms with E-state index in [0.29, 0.717) is 29.6 Å². The van der Waals surface area contributed by atoms with Crippen molar-refractivity contribution in [2.45, 2.75) is 27.7 Å². The Bertz CT molecular complexity index is 516. The summed E-state index contributed by atoms with van der Waals surface area (Å²) in [5.41, 5.74) is 0. The molecule has 0 aliphatic carbocycles. The SMILES string of the molecule is CC=COc1ccc(OC=CC)c(OCC)c1OC=CC. The third-order valence-electron chi connectivity index (χ3n) is 2.31. The van der Waals surface area contributed by atoms with E-state index in [2.05, 4.69) is 0 Å². The van der Waals surface area contributed by atoms with Crippen LogP contribution in [-0.4, -0.2) is 6.61 Å². The van der Waals surface area contributed by atoms with E-state index in [0.717, 1.165) is 0 Å². The van der Waals surface area contributed by atoms with E-state index in [1.165, 1.54) is 0 Å². The zero-order valence-corrected chi connectivity index (χ0v) is 13.0. The normalized spacial score (nSPS) is 11.4. The lowest BCUT2D eigenvalue weighted by molar-refractivity contribution is 0.297. The highest BCUT2D eigenvalue weighted by molar-refractivity contribution is 5.59. The minimum Gasteiger partial charge on any atom is -0.487 e. The minimum atomic E-state index is 0.482. The van der Waals surface area contributed by atoms with Gasteiger partial charge in [-0.2, -0.15) is 0 Å². The van der Waals surface area contributed by atoms with Crippen LogP contribution in [0.3, 0.4) is 0 Å². The first-order valence-corrected chi connectivity index (χ1v) is 6.91. The molecule has 0 unspecified atom stereocenters. The summed E-state index contributed by atoms with van der Waals surface area (Å²) in [4.78, 5) is 0.